The molecule has 0 radical (unpaired) electrons. The van der Waals surface area contributed by atoms with E-state index < -0.39 is 59.3 Å². The number of amides is 4. The van der Waals surface area contributed by atoms with Gasteiger partial charge >= 0.3 is 11.9 Å². The van der Waals surface area contributed by atoms with E-state index in [4.69, 9.17) is 11.6 Å². The first-order valence-corrected chi connectivity index (χ1v) is 21.9. The van der Waals surface area contributed by atoms with Crippen molar-refractivity contribution in [2.75, 3.05) is 19.6 Å². The number of carboxylic acid groups (broad SMARTS) is 2. The third kappa shape index (κ3) is 9.28. The normalized spacial score (nSPS) is 28.5. The Morgan fingerprint density at radius 1 is 1.02 bits per heavy atom. The Morgan fingerprint density at radius 2 is 1.71 bits per heavy atom. The molecule has 4 amide bonds. The molecule has 0 aromatic heterocycles. The minimum Gasteiger partial charge on any atom is -0.478 e. The second-order valence-electron chi connectivity index (χ2n) is 15.6. The van der Waals surface area contributed by atoms with Crippen LogP contribution in [-0.2, 0) is 33.6 Å². The predicted molar refractivity (Wildman–Crippen MR) is 217 cm³/mol. The molecule has 314 valence electrons. The van der Waals surface area contributed by atoms with Gasteiger partial charge in [-0.15, -0.1) is 11.8 Å². The van der Waals surface area contributed by atoms with Crippen molar-refractivity contribution < 1.29 is 48.9 Å². The van der Waals surface area contributed by atoms with Crippen LogP contribution in [0.15, 0.2) is 50.7 Å². The quantitative estimate of drug-likeness (QED) is 0.0785. The summed E-state index contributed by atoms with van der Waals surface area (Å²) in [5.41, 5.74) is 0.696. The number of β-lactam (4-membered cyclic amide) rings is 1. The van der Waals surface area contributed by atoms with Gasteiger partial charge in [0.25, 0.3) is 0 Å². The van der Waals surface area contributed by atoms with Gasteiger partial charge in [0.15, 0.2) is 0 Å². The molecule has 1 saturated carbocycles. The van der Waals surface area contributed by atoms with E-state index in [1.54, 1.807) is 37.3 Å². The average Bonchev–Trinajstić information content (AvgIpc) is 3.75. The van der Waals surface area contributed by atoms with Crippen molar-refractivity contribution >= 4 is 76.5 Å². The van der Waals surface area contributed by atoms with Crippen LogP contribution in [0.5, 0.6) is 0 Å². The Balaban J connectivity index is 0.860. The lowest BCUT2D eigenvalue weighted by Crippen LogP contribution is -2.71. The number of hydrogen-bond donors (Lipinski definition) is 7. The van der Waals surface area contributed by atoms with Gasteiger partial charge in [-0.05, 0) is 48.5 Å². The number of halogens is 1. The lowest BCUT2D eigenvalue weighted by Gasteiger charge is -2.49. The molecule has 15 nitrogen and oxygen atoms in total. The first-order chi connectivity index (χ1) is 27.7. The maximum absolute atomic E-state index is 13.5. The van der Waals surface area contributed by atoms with E-state index >= 15 is 0 Å². The summed E-state index contributed by atoms with van der Waals surface area (Å²) in [5, 5.41) is 40.7. The van der Waals surface area contributed by atoms with Crippen molar-refractivity contribution in [1.82, 2.24) is 26.2 Å². The zero-order valence-corrected chi connectivity index (χ0v) is 34.7. The summed E-state index contributed by atoms with van der Waals surface area (Å²) in [5.74, 6) is -5.44. The third-order valence-corrected chi connectivity index (χ3v) is 15.1. The van der Waals surface area contributed by atoms with Crippen molar-refractivity contribution in [3.8, 4) is 0 Å². The van der Waals surface area contributed by atoms with Crippen molar-refractivity contribution in [2.24, 2.45) is 23.7 Å². The van der Waals surface area contributed by atoms with E-state index in [0.717, 1.165) is 43.9 Å². The molecule has 1 aromatic carbocycles. The number of aliphatic hydroxyl groups excluding tert-OH is 1. The van der Waals surface area contributed by atoms with Gasteiger partial charge in [-0.3, -0.25) is 24.0 Å². The van der Waals surface area contributed by atoms with Gasteiger partial charge in [-0.2, -0.15) is 0 Å². The van der Waals surface area contributed by atoms with Crippen LogP contribution in [0.25, 0.3) is 0 Å². The van der Waals surface area contributed by atoms with E-state index in [0.29, 0.717) is 36.4 Å². The molecule has 0 bridgehead atoms. The standard InChI is InChI=1S/C40H50ClN5O10S2/c1-19-26-27(20(2)47)32(49)28(26)29(39(53)54)33(19)57-22-16-24(43-17-22)35(50)42-15-11-6-4-3-5-10-14-25(48)44-30(21-12-8-7-9-13-21)36(51)45-31-37(52)46-18-23(41)34(40(55)56)58-38(31)46/h7-9,12-13,19-20,22,24,26-28,30-31,38,43,47H,3-6,10-11,14-18H2,1-2H3,(H,42,50)(H,44,48)(H,45,51)(H,53,54)(H,55,56)/t19?,20-,22?,24+,26?,27-,28?,30+,31+,38?/m1/s1. The molecule has 3 heterocycles. The number of hydrogen-bond acceptors (Lipinski definition) is 11. The lowest BCUT2D eigenvalue weighted by atomic mass is 9.59. The molecular formula is C40H50ClN5O10S2. The van der Waals surface area contributed by atoms with E-state index in [9.17, 15) is 48.9 Å². The molecule has 18 heteroatoms. The molecular weight excluding hydrogens is 810 g/mol. The van der Waals surface area contributed by atoms with Crippen LogP contribution in [0, 0.1) is 23.7 Å². The highest BCUT2D eigenvalue weighted by atomic mass is 35.5. The fourth-order valence-corrected chi connectivity index (χ4v) is 11.8. The van der Waals surface area contributed by atoms with Crippen LogP contribution in [0.1, 0.15) is 76.8 Å². The number of Topliss-reactive ketones (excluding diaryl/α,β-unsaturated/α-hetero) is 1. The number of allylic oxidation sites excluding steroid dienone is 1. The molecule has 5 unspecified atom stereocenters. The van der Waals surface area contributed by atoms with Gasteiger partial charge in [0.1, 0.15) is 28.1 Å². The summed E-state index contributed by atoms with van der Waals surface area (Å²) in [4.78, 5) is 90.6. The minimum atomic E-state index is -1.20. The molecule has 2 aliphatic carbocycles. The maximum atomic E-state index is 13.5. The number of unbranched alkanes of at least 4 members (excludes halogenated alkanes) is 5. The number of nitrogens with one attached hydrogen (secondary N) is 4. The second-order valence-corrected chi connectivity index (χ2v) is 18.5. The Kier molecular flexibility index (Phi) is 14.3. The molecule has 2 saturated heterocycles. The molecule has 10 atom stereocenters. The number of ketones is 1. The van der Waals surface area contributed by atoms with Crippen molar-refractivity contribution in [1.29, 1.82) is 0 Å². The number of fused-ring (bicyclic) bond motifs is 2. The van der Waals surface area contributed by atoms with Crippen LogP contribution in [0.2, 0.25) is 0 Å². The van der Waals surface area contributed by atoms with Gasteiger partial charge < -0.3 is 41.5 Å². The number of carboxylic acids is 2. The van der Waals surface area contributed by atoms with Crippen LogP contribution in [-0.4, -0.2) is 110 Å². The SMILES string of the molecule is CC1C(SC2CN[C@H](C(=O)NCCCCCCCCC(=O)N[C@H](C(=O)N[C@H]3C(=O)N4CC(Cl)=C(C(=O)O)SC34)c3ccccc3)C2)=C(C(=O)O)C2C(=O)[C@H]([C@@H](C)O)C12. The number of rotatable bonds is 19. The highest BCUT2D eigenvalue weighted by Gasteiger charge is 2.62. The van der Waals surface area contributed by atoms with Gasteiger partial charge in [0.05, 0.1) is 35.2 Å². The summed E-state index contributed by atoms with van der Waals surface area (Å²) in [7, 11) is 0. The molecule has 1 aromatic rings. The Morgan fingerprint density at radius 3 is 2.38 bits per heavy atom. The number of nitrogens with zero attached hydrogens (tertiary/aromatic N) is 1. The molecule has 0 spiro atoms. The van der Waals surface area contributed by atoms with Crippen LogP contribution in [0.3, 0.4) is 0 Å². The lowest BCUT2D eigenvalue weighted by molar-refractivity contribution is -0.151. The Hall–Kier alpha value is -3.90. The zero-order valence-electron chi connectivity index (χ0n) is 32.3. The number of carbonyl (C=O) groups is 7. The maximum Gasteiger partial charge on any atom is 0.343 e. The first kappa shape index (κ1) is 43.7. The van der Waals surface area contributed by atoms with Crippen molar-refractivity contribution in [2.45, 2.75) is 100 Å². The molecule has 58 heavy (non-hydrogen) atoms. The van der Waals surface area contributed by atoms with Gasteiger partial charge in [0, 0.05) is 30.7 Å². The van der Waals surface area contributed by atoms with E-state index in [1.165, 1.54) is 16.7 Å². The summed E-state index contributed by atoms with van der Waals surface area (Å²) in [6, 6.07) is 6.28. The predicted octanol–water partition coefficient (Wildman–Crippen LogP) is 2.89. The Bertz CT molecular complexity index is 1880. The van der Waals surface area contributed by atoms with Crippen LogP contribution in [0.4, 0.5) is 0 Å². The molecule has 3 fully saturated rings. The van der Waals surface area contributed by atoms with E-state index in [1.807, 2.05) is 6.92 Å². The van der Waals surface area contributed by atoms with Crippen LogP contribution < -0.4 is 21.3 Å². The third-order valence-electron chi connectivity index (χ3n) is 11.7. The van der Waals surface area contributed by atoms with Crippen LogP contribution >= 0.6 is 35.1 Å². The first-order valence-electron chi connectivity index (χ1n) is 19.8. The minimum absolute atomic E-state index is 0.0162. The number of aliphatic hydroxyl groups is 1. The number of aliphatic carboxylic acids is 2. The fourth-order valence-electron chi connectivity index (χ4n) is 8.72. The van der Waals surface area contributed by atoms with Crippen molar-refractivity contribution in [3.05, 3.63) is 56.3 Å². The second kappa shape index (κ2) is 19.0. The van der Waals surface area contributed by atoms with Gasteiger partial charge in [-0.1, -0.05) is 86.3 Å². The highest BCUT2D eigenvalue weighted by Crippen LogP contribution is 2.59. The summed E-state index contributed by atoms with van der Waals surface area (Å²) in [6.45, 7) is 4.52. The molecule has 7 N–H and O–H groups in total. The molecule has 5 aliphatic rings. The summed E-state index contributed by atoms with van der Waals surface area (Å²) >= 11 is 8.42. The topological polar surface area (TPSA) is 232 Å². The number of benzene rings is 1. The van der Waals surface area contributed by atoms with Crippen molar-refractivity contribution in [3.63, 3.8) is 0 Å². The molecule has 3 aliphatic heterocycles. The summed E-state index contributed by atoms with van der Waals surface area (Å²) in [6.07, 6.45) is 4.82. The summed E-state index contributed by atoms with van der Waals surface area (Å²) < 4.78 is 0. The molecule has 6 rings (SSSR count). The van der Waals surface area contributed by atoms with Gasteiger partial charge in [0.2, 0.25) is 23.6 Å². The fraction of sp³-hybridized carbons (Fsp3) is 0.575. The smallest absolute Gasteiger partial charge is 0.343 e. The van der Waals surface area contributed by atoms with E-state index in [-0.39, 0.29) is 69.1 Å². The zero-order chi connectivity index (χ0) is 41.8. The van der Waals surface area contributed by atoms with Gasteiger partial charge in [-0.25, -0.2) is 9.59 Å². The Labute approximate surface area is 349 Å². The number of carbonyl (C=O) groups excluding carboxylic acids is 5. The highest BCUT2D eigenvalue weighted by molar-refractivity contribution is 8.04. The number of thioether (sulfide) groups is 2. The largest absolute Gasteiger partial charge is 0.478 e. The van der Waals surface area contributed by atoms with E-state index in [2.05, 4.69) is 21.3 Å². The average molecular weight is 860 g/mol. The monoisotopic (exact) mass is 859 g/mol.